The highest BCUT2D eigenvalue weighted by atomic mass is 16.5. The lowest BCUT2D eigenvalue weighted by atomic mass is 10.0. The summed E-state index contributed by atoms with van der Waals surface area (Å²) in [5, 5.41) is 0. The molecule has 1 atom stereocenters. The van der Waals surface area contributed by atoms with Crippen molar-refractivity contribution in [3.05, 3.63) is 84.3 Å². The molecule has 2 heterocycles. The number of amides is 1. The minimum absolute atomic E-state index is 0.0871. The fraction of sp³-hybridized carbons (Fsp3) is 0.261. The van der Waals surface area contributed by atoms with Gasteiger partial charge in [-0.2, -0.15) is 0 Å². The average Bonchev–Trinajstić information content (AvgIpc) is 3.24. The highest BCUT2D eigenvalue weighted by molar-refractivity contribution is 5.95. The molecular formula is C23H24N2O3. The number of rotatable bonds is 6. The zero-order valence-electron chi connectivity index (χ0n) is 16.0. The van der Waals surface area contributed by atoms with E-state index in [4.69, 9.17) is 9.15 Å². The van der Waals surface area contributed by atoms with Gasteiger partial charge in [0.2, 0.25) is 5.91 Å². The minimum atomic E-state index is 0.0871. The Morgan fingerprint density at radius 3 is 2.68 bits per heavy atom. The van der Waals surface area contributed by atoms with Crippen molar-refractivity contribution < 1.29 is 13.9 Å². The second kappa shape index (κ2) is 8.31. The first-order chi connectivity index (χ1) is 13.7. The molecule has 0 saturated carbocycles. The van der Waals surface area contributed by atoms with Crippen molar-refractivity contribution in [1.82, 2.24) is 4.90 Å². The van der Waals surface area contributed by atoms with Gasteiger partial charge in [-0.3, -0.25) is 9.69 Å². The number of carbonyl (C=O) groups excluding carboxylic acids is 1. The molecule has 28 heavy (non-hydrogen) atoms. The van der Waals surface area contributed by atoms with Crippen LogP contribution in [0.15, 0.2) is 77.4 Å². The summed E-state index contributed by atoms with van der Waals surface area (Å²) in [5.74, 6) is 1.72. The summed E-state index contributed by atoms with van der Waals surface area (Å²) >= 11 is 0. The third-order valence-corrected chi connectivity index (χ3v) is 5.17. The third kappa shape index (κ3) is 4.10. The zero-order valence-corrected chi connectivity index (χ0v) is 16.0. The largest absolute Gasteiger partial charge is 0.497 e. The van der Waals surface area contributed by atoms with Crippen LogP contribution < -0.4 is 9.64 Å². The van der Waals surface area contributed by atoms with E-state index in [1.165, 1.54) is 5.56 Å². The molecule has 1 aromatic heterocycles. The van der Waals surface area contributed by atoms with E-state index in [2.05, 4.69) is 29.2 Å². The molecule has 5 heteroatoms. The topological polar surface area (TPSA) is 45.9 Å². The van der Waals surface area contributed by atoms with Crippen LogP contribution in [-0.4, -0.2) is 37.0 Å². The Balaban J connectivity index is 1.59. The maximum atomic E-state index is 12.9. The molecule has 3 aromatic rings. The Morgan fingerprint density at radius 1 is 1.07 bits per heavy atom. The second-order valence-corrected chi connectivity index (χ2v) is 7.03. The van der Waals surface area contributed by atoms with Crippen LogP contribution in [0.1, 0.15) is 11.3 Å². The lowest BCUT2D eigenvalue weighted by Crippen LogP contribution is -2.56. The van der Waals surface area contributed by atoms with Crippen LogP contribution in [0.25, 0.3) is 0 Å². The zero-order chi connectivity index (χ0) is 19.3. The van der Waals surface area contributed by atoms with Crippen LogP contribution in [0.3, 0.4) is 0 Å². The number of benzene rings is 2. The number of anilines is 1. The molecule has 1 aliphatic rings. The molecule has 4 rings (SSSR count). The highest BCUT2D eigenvalue weighted by Gasteiger charge is 2.33. The minimum Gasteiger partial charge on any atom is -0.497 e. The summed E-state index contributed by atoms with van der Waals surface area (Å²) in [6.07, 6.45) is 2.55. The summed E-state index contributed by atoms with van der Waals surface area (Å²) < 4.78 is 10.9. The van der Waals surface area contributed by atoms with Gasteiger partial charge < -0.3 is 14.1 Å². The molecule has 0 radical (unpaired) electrons. The van der Waals surface area contributed by atoms with Crippen molar-refractivity contribution >= 4 is 11.6 Å². The Hall–Kier alpha value is -3.05. The van der Waals surface area contributed by atoms with Gasteiger partial charge in [0.15, 0.2) is 0 Å². The molecule has 1 aliphatic heterocycles. The van der Waals surface area contributed by atoms with Crippen molar-refractivity contribution in [3.63, 3.8) is 0 Å². The smallest absolute Gasteiger partial charge is 0.241 e. The van der Waals surface area contributed by atoms with E-state index in [-0.39, 0.29) is 11.9 Å². The highest BCUT2D eigenvalue weighted by Crippen LogP contribution is 2.26. The normalized spacial score (nSPS) is 17.7. The molecule has 1 fully saturated rings. The molecule has 144 valence electrons. The van der Waals surface area contributed by atoms with Crippen molar-refractivity contribution in [2.45, 2.75) is 19.0 Å². The molecule has 0 unspecified atom stereocenters. The summed E-state index contributed by atoms with van der Waals surface area (Å²) in [4.78, 5) is 17.0. The van der Waals surface area contributed by atoms with Gasteiger partial charge in [0.05, 0.1) is 26.5 Å². The monoisotopic (exact) mass is 376 g/mol. The second-order valence-electron chi connectivity index (χ2n) is 7.03. The van der Waals surface area contributed by atoms with Crippen LogP contribution in [0.5, 0.6) is 5.75 Å². The maximum absolute atomic E-state index is 12.9. The average molecular weight is 376 g/mol. The first kappa shape index (κ1) is 18.3. The first-order valence-corrected chi connectivity index (χ1v) is 9.47. The number of ether oxygens (including phenoxy) is 1. The van der Waals surface area contributed by atoms with Crippen molar-refractivity contribution in [1.29, 1.82) is 0 Å². The van der Waals surface area contributed by atoms with Crippen LogP contribution in [0.4, 0.5) is 5.69 Å². The number of methoxy groups -OCH3 is 1. The Labute approximate surface area is 165 Å². The molecule has 0 aliphatic carbocycles. The standard InChI is InChI=1S/C23H24N2O3/c1-27-21-10-5-9-19(14-21)25-15-20(13-18-7-3-2-4-8-18)24(17-23(25)26)16-22-11-6-12-28-22/h2-12,14,20H,13,15-17H2,1H3/t20-/m1/s1. The maximum Gasteiger partial charge on any atom is 0.241 e. The van der Waals surface area contributed by atoms with Crippen molar-refractivity contribution in [2.24, 2.45) is 0 Å². The van der Waals surface area contributed by atoms with E-state index in [1.807, 2.05) is 47.4 Å². The fourth-order valence-electron chi connectivity index (χ4n) is 3.71. The summed E-state index contributed by atoms with van der Waals surface area (Å²) in [5.41, 5.74) is 2.14. The summed E-state index contributed by atoms with van der Waals surface area (Å²) in [6, 6.07) is 22.1. The van der Waals surface area contributed by atoms with Gasteiger partial charge in [0.1, 0.15) is 11.5 Å². The van der Waals surface area contributed by atoms with Gasteiger partial charge in [0.25, 0.3) is 0 Å². The number of nitrogens with zero attached hydrogens (tertiary/aromatic N) is 2. The van der Waals surface area contributed by atoms with Gasteiger partial charge in [-0.25, -0.2) is 0 Å². The van der Waals surface area contributed by atoms with Crippen LogP contribution in [0.2, 0.25) is 0 Å². The van der Waals surface area contributed by atoms with Crippen LogP contribution in [0, 0.1) is 0 Å². The Bertz CT molecular complexity index is 909. The van der Waals surface area contributed by atoms with Gasteiger partial charge in [-0.05, 0) is 36.2 Å². The van der Waals surface area contributed by atoms with Gasteiger partial charge in [0, 0.05) is 24.3 Å². The van der Waals surface area contributed by atoms with Gasteiger partial charge in [-0.15, -0.1) is 0 Å². The predicted molar refractivity (Wildman–Crippen MR) is 108 cm³/mol. The SMILES string of the molecule is COc1cccc(N2C[C@@H](Cc3ccccc3)N(Cc3ccco3)CC2=O)c1. The molecular weight excluding hydrogens is 352 g/mol. The number of hydrogen-bond acceptors (Lipinski definition) is 4. The molecule has 0 bridgehead atoms. The number of hydrogen-bond donors (Lipinski definition) is 0. The molecule has 2 aromatic carbocycles. The van der Waals surface area contributed by atoms with Crippen molar-refractivity contribution in [3.8, 4) is 5.75 Å². The van der Waals surface area contributed by atoms with Crippen LogP contribution in [-0.2, 0) is 17.8 Å². The number of carbonyl (C=O) groups is 1. The molecule has 0 spiro atoms. The Kier molecular flexibility index (Phi) is 5.44. The van der Waals surface area contributed by atoms with Crippen LogP contribution >= 0.6 is 0 Å². The summed E-state index contributed by atoms with van der Waals surface area (Å²) in [7, 11) is 1.64. The lowest BCUT2D eigenvalue weighted by molar-refractivity contribution is -0.122. The van der Waals surface area contributed by atoms with E-state index in [9.17, 15) is 4.79 Å². The molecule has 1 amide bonds. The summed E-state index contributed by atoms with van der Waals surface area (Å²) in [6.45, 7) is 1.61. The van der Waals surface area contributed by atoms with Gasteiger partial charge >= 0.3 is 0 Å². The first-order valence-electron chi connectivity index (χ1n) is 9.47. The molecule has 0 N–H and O–H groups in total. The number of piperazine rings is 1. The predicted octanol–water partition coefficient (Wildman–Crippen LogP) is 3.75. The fourth-order valence-corrected chi connectivity index (χ4v) is 3.71. The van der Waals surface area contributed by atoms with E-state index >= 15 is 0 Å². The van der Waals surface area contributed by atoms with E-state index < -0.39 is 0 Å². The molecule has 5 nitrogen and oxygen atoms in total. The lowest BCUT2D eigenvalue weighted by Gasteiger charge is -2.41. The quantitative estimate of drug-likeness (QED) is 0.657. The Morgan fingerprint density at radius 2 is 1.93 bits per heavy atom. The van der Waals surface area contributed by atoms with E-state index in [1.54, 1.807) is 13.4 Å². The molecule has 1 saturated heterocycles. The number of furan rings is 1. The van der Waals surface area contributed by atoms with Crippen molar-refractivity contribution in [2.75, 3.05) is 25.1 Å². The third-order valence-electron chi connectivity index (χ3n) is 5.17. The van der Waals surface area contributed by atoms with Gasteiger partial charge in [-0.1, -0.05) is 36.4 Å². The van der Waals surface area contributed by atoms with E-state index in [0.29, 0.717) is 19.6 Å². The van der Waals surface area contributed by atoms with E-state index in [0.717, 1.165) is 23.6 Å².